The van der Waals surface area contributed by atoms with Crippen molar-refractivity contribution in [1.82, 2.24) is 20.4 Å². The third-order valence-electron chi connectivity index (χ3n) is 6.80. The number of hydrogen-bond acceptors (Lipinski definition) is 4. The molecular formula is C23H31FN4O3. The van der Waals surface area contributed by atoms with Crippen LogP contribution < -0.4 is 10.6 Å². The second-order valence-electron chi connectivity index (χ2n) is 8.88. The van der Waals surface area contributed by atoms with E-state index in [1.165, 1.54) is 31.4 Å². The Morgan fingerprint density at radius 3 is 2.84 bits per heavy atom. The van der Waals surface area contributed by atoms with E-state index < -0.39 is 18.0 Å². The molecule has 4 amide bonds. The molecule has 168 valence electrons. The zero-order chi connectivity index (χ0) is 21.8. The minimum atomic E-state index is -0.836. The van der Waals surface area contributed by atoms with E-state index in [1.54, 1.807) is 12.1 Å². The van der Waals surface area contributed by atoms with E-state index in [2.05, 4.69) is 15.5 Å². The highest BCUT2D eigenvalue weighted by Crippen LogP contribution is 2.30. The number of piperidine rings is 2. The number of rotatable bonds is 7. The van der Waals surface area contributed by atoms with Gasteiger partial charge in [-0.05, 0) is 68.8 Å². The van der Waals surface area contributed by atoms with Crippen LogP contribution in [0.3, 0.4) is 0 Å². The molecule has 0 bridgehead atoms. The topological polar surface area (TPSA) is 81.8 Å². The van der Waals surface area contributed by atoms with Crippen molar-refractivity contribution >= 4 is 17.8 Å². The first-order valence-corrected chi connectivity index (χ1v) is 11.4. The summed E-state index contributed by atoms with van der Waals surface area (Å²) in [5, 5.41) is 5.61. The lowest BCUT2D eigenvalue weighted by Gasteiger charge is -2.44. The van der Waals surface area contributed by atoms with Crippen LogP contribution in [0.4, 0.5) is 9.18 Å². The first-order chi connectivity index (χ1) is 15.0. The van der Waals surface area contributed by atoms with Crippen LogP contribution in [0.1, 0.15) is 44.1 Å². The lowest BCUT2D eigenvalue weighted by atomic mass is 9.83. The Labute approximate surface area is 182 Å². The lowest BCUT2D eigenvalue weighted by Crippen LogP contribution is -2.51. The summed E-state index contributed by atoms with van der Waals surface area (Å²) in [4.78, 5) is 41.0. The largest absolute Gasteiger partial charge is 0.356 e. The standard InChI is InChI=1S/C23H31FN4O3/c24-18-7-3-5-16(13-18)9-12-28-22(30)19(26-23(28)31)14-21(29)25-15-17-6-4-11-27-10-2-1-8-20(17)27/h3,5,7,13,17,19-20H,1-2,4,6,8-12,14-15H2,(H,25,29)(H,26,31)/t17-,19-,20+/m0/s1. The second-order valence-corrected chi connectivity index (χ2v) is 8.88. The van der Waals surface area contributed by atoms with Crippen LogP contribution in [0.5, 0.6) is 0 Å². The number of benzene rings is 1. The van der Waals surface area contributed by atoms with E-state index in [0.29, 0.717) is 30.5 Å². The first-order valence-electron chi connectivity index (χ1n) is 11.4. The summed E-state index contributed by atoms with van der Waals surface area (Å²) >= 11 is 0. The van der Waals surface area contributed by atoms with Gasteiger partial charge in [-0.2, -0.15) is 0 Å². The predicted octanol–water partition coefficient (Wildman–Crippen LogP) is 2.06. The molecule has 31 heavy (non-hydrogen) atoms. The Morgan fingerprint density at radius 2 is 2.00 bits per heavy atom. The molecule has 0 aliphatic carbocycles. The Bertz CT molecular complexity index is 831. The van der Waals surface area contributed by atoms with Crippen LogP contribution in [-0.4, -0.2) is 65.9 Å². The van der Waals surface area contributed by atoms with Crippen molar-refractivity contribution in [2.75, 3.05) is 26.2 Å². The molecule has 3 atom stereocenters. The fourth-order valence-corrected chi connectivity index (χ4v) is 5.18. The maximum Gasteiger partial charge on any atom is 0.324 e. The molecule has 3 aliphatic heterocycles. The smallest absolute Gasteiger partial charge is 0.324 e. The summed E-state index contributed by atoms with van der Waals surface area (Å²) in [5.41, 5.74) is 0.714. The number of urea groups is 1. The average Bonchev–Trinajstić information content (AvgIpc) is 3.03. The Hall–Kier alpha value is -2.48. The molecule has 1 aromatic rings. The molecule has 4 rings (SSSR count). The van der Waals surface area contributed by atoms with Gasteiger partial charge in [0.25, 0.3) is 5.91 Å². The molecule has 0 saturated carbocycles. The number of fused-ring (bicyclic) bond motifs is 1. The van der Waals surface area contributed by atoms with Crippen molar-refractivity contribution in [1.29, 1.82) is 0 Å². The van der Waals surface area contributed by atoms with Gasteiger partial charge in [0.15, 0.2) is 0 Å². The van der Waals surface area contributed by atoms with Gasteiger partial charge in [0, 0.05) is 19.1 Å². The summed E-state index contributed by atoms with van der Waals surface area (Å²) in [5.74, 6) is -0.501. The van der Waals surface area contributed by atoms with Gasteiger partial charge >= 0.3 is 6.03 Å². The van der Waals surface area contributed by atoms with Crippen molar-refractivity contribution in [3.05, 3.63) is 35.6 Å². The van der Waals surface area contributed by atoms with Gasteiger partial charge in [-0.1, -0.05) is 18.6 Å². The van der Waals surface area contributed by atoms with Crippen molar-refractivity contribution in [3.63, 3.8) is 0 Å². The number of hydrogen-bond donors (Lipinski definition) is 2. The molecule has 2 N–H and O–H groups in total. The highest BCUT2D eigenvalue weighted by atomic mass is 19.1. The van der Waals surface area contributed by atoms with Gasteiger partial charge in [-0.15, -0.1) is 0 Å². The molecule has 1 aromatic carbocycles. The number of imide groups is 1. The van der Waals surface area contributed by atoms with Crippen molar-refractivity contribution in [2.45, 2.75) is 57.0 Å². The number of carbonyl (C=O) groups excluding carboxylic acids is 3. The number of carbonyl (C=O) groups is 3. The number of nitrogens with zero attached hydrogens (tertiary/aromatic N) is 2. The van der Waals surface area contributed by atoms with Crippen molar-refractivity contribution < 1.29 is 18.8 Å². The molecule has 0 aromatic heterocycles. The monoisotopic (exact) mass is 430 g/mol. The molecule has 3 fully saturated rings. The van der Waals surface area contributed by atoms with E-state index >= 15 is 0 Å². The Kier molecular flexibility index (Phi) is 6.85. The Balaban J connectivity index is 1.24. The van der Waals surface area contributed by atoms with E-state index in [4.69, 9.17) is 0 Å². The summed E-state index contributed by atoms with van der Waals surface area (Å²) in [6.07, 6.45) is 6.30. The van der Waals surface area contributed by atoms with E-state index in [0.717, 1.165) is 30.8 Å². The summed E-state index contributed by atoms with van der Waals surface area (Å²) in [6, 6.07) is 5.32. The summed E-state index contributed by atoms with van der Waals surface area (Å²) in [6.45, 7) is 3.09. The molecule has 3 heterocycles. The molecule has 3 aliphatic rings. The first kappa shape index (κ1) is 21.7. The highest BCUT2D eigenvalue weighted by Gasteiger charge is 2.39. The zero-order valence-electron chi connectivity index (χ0n) is 17.8. The van der Waals surface area contributed by atoms with Gasteiger partial charge in [-0.25, -0.2) is 9.18 Å². The molecule has 8 heteroatoms. The fourth-order valence-electron chi connectivity index (χ4n) is 5.18. The van der Waals surface area contributed by atoms with Crippen LogP contribution in [0.25, 0.3) is 0 Å². The second kappa shape index (κ2) is 9.77. The Morgan fingerprint density at radius 1 is 1.16 bits per heavy atom. The van der Waals surface area contributed by atoms with Crippen LogP contribution in [0.15, 0.2) is 24.3 Å². The van der Waals surface area contributed by atoms with E-state index in [9.17, 15) is 18.8 Å². The third kappa shape index (κ3) is 5.23. The normalized spacial score (nSPS) is 26.5. The van der Waals surface area contributed by atoms with Gasteiger partial charge in [0.2, 0.25) is 5.91 Å². The molecular weight excluding hydrogens is 399 g/mol. The third-order valence-corrected chi connectivity index (χ3v) is 6.80. The average molecular weight is 431 g/mol. The summed E-state index contributed by atoms with van der Waals surface area (Å²) < 4.78 is 13.3. The maximum atomic E-state index is 13.3. The fraction of sp³-hybridized carbons (Fsp3) is 0.609. The van der Waals surface area contributed by atoms with Gasteiger partial charge < -0.3 is 15.5 Å². The summed E-state index contributed by atoms with van der Waals surface area (Å²) in [7, 11) is 0. The van der Waals surface area contributed by atoms with Gasteiger partial charge in [0.05, 0.1) is 6.42 Å². The number of halogens is 1. The van der Waals surface area contributed by atoms with Crippen LogP contribution in [0, 0.1) is 11.7 Å². The van der Waals surface area contributed by atoms with E-state index in [-0.39, 0.29) is 24.7 Å². The van der Waals surface area contributed by atoms with Crippen LogP contribution in [0.2, 0.25) is 0 Å². The molecule has 7 nitrogen and oxygen atoms in total. The van der Waals surface area contributed by atoms with Crippen molar-refractivity contribution in [3.8, 4) is 0 Å². The van der Waals surface area contributed by atoms with Gasteiger partial charge in [0.1, 0.15) is 11.9 Å². The lowest BCUT2D eigenvalue weighted by molar-refractivity contribution is -0.131. The maximum absolute atomic E-state index is 13.3. The molecule has 3 saturated heterocycles. The zero-order valence-corrected chi connectivity index (χ0v) is 17.8. The van der Waals surface area contributed by atoms with Gasteiger partial charge in [-0.3, -0.25) is 14.5 Å². The minimum absolute atomic E-state index is 0.0534. The quantitative estimate of drug-likeness (QED) is 0.649. The van der Waals surface area contributed by atoms with Crippen molar-refractivity contribution in [2.24, 2.45) is 5.92 Å². The molecule has 0 radical (unpaired) electrons. The number of nitrogens with one attached hydrogen (secondary N) is 2. The number of amides is 4. The van der Waals surface area contributed by atoms with E-state index in [1.807, 2.05) is 0 Å². The van der Waals surface area contributed by atoms with Crippen LogP contribution in [-0.2, 0) is 16.0 Å². The minimum Gasteiger partial charge on any atom is -0.356 e. The highest BCUT2D eigenvalue weighted by molar-refractivity contribution is 6.05. The SMILES string of the molecule is O=C(C[C@@H]1NC(=O)N(CCc2cccc(F)c2)C1=O)NC[C@@H]1CCCN2CCCC[C@H]12. The molecule has 0 spiro atoms. The molecule has 0 unspecified atom stereocenters. The predicted molar refractivity (Wildman–Crippen MR) is 114 cm³/mol. The van der Waals surface area contributed by atoms with Crippen LogP contribution >= 0.6 is 0 Å².